The second kappa shape index (κ2) is 5.47. The van der Waals surface area contributed by atoms with Crippen LogP contribution in [0.15, 0.2) is 24.3 Å². The number of likely N-dealkylation sites (tertiary alicyclic amines) is 1. The molecule has 0 N–H and O–H groups in total. The number of sulfonamides is 1. The van der Waals surface area contributed by atoms with Crippen molar-refractivity contribution in [2.75, 3.05) is 32.9 Å². The minimum Gasteiger partial charge on any atom is -0.598 e. The first-order valence-electron chi connectivity index (χ1n) is 7.58. The Morgan fingerprint density at radius 3 is 2.62 bits per heavy atom. The fourth-order valence-corrected chi connectivity index (χ4v) is 4.81. The minimum absolute atomic E-state index is 0.0582. The van der Waals surface area contributed by atoms with Crippen LogP contribution in [0.1, 0.15) is 24.0 Å². The lowest BCUT2D eigenvalue weighted by molar-refractivity contribution is 0.0873. The summed E-state index contributed by atoms with van der Waals surface area (Å²) >= 11 is 0. The van der Waals surface area contributed by atoms with Crippen molar-refractivity contribution in [3.63, 3.8) is 0 Å². The van der Waals surface area contributed by atoms with Crippen LogP contribution in [0.2, 0.25) is 0 Å². The number of fused-ring (bicyclic) bond motifs is 1. The minimum atomic E-state index is -3.17. The largest absolute Gasteiger partial charge is 0.598 e. The van der Waals surface area contributed by atoms with Crippen molar-refractivity contribution in [2.24, 2.45) is 5.41 Å². The van der Waals surface area contributed by atoms with Gasteiger partial charge in [-0.05, 0) is 44.0 Å². The van der Waals surface area contributed by atoms with Crippen LogP contribution in [0.25, 0.3) is 0 Å². The predicted molar refractivity (Wildman–Crippen MR) is 84.5 cm³/mol. The molecule has 116 valence electrons. The number of rotatable bonds is 1. The fraction of sp³-hybridized carbons (Fsp3) is 0.625. The van der Waals surface area contributed by atoms with Crippen LogP contribution >= 0.6 is 0 Å². The van der Waals surface area contributed by atoms with Crippen LogP contribution in [0, 0.1) is 5.41 Å². The number of benzene rings is 1. The predicted octanol–water partition coefficient (Wildman–Crippen LogP) is 1.93. The van der Waals surface area contributed by atoms with Crippen molar-refractivity contribution in [2.45, 2.75) is 25.8 Å². The number of piperidine rings is 1. The van der Waals surface area contributed by atoms with Gasteiger partial charge in [-0.1, -0.05) is 28.5 Å². The molecule has 2 atom stereocenters. The van der Waals surface area contributed by atoms with Gasteiger partial charge in [0, 0.05) is 12.0 Å². The molecule has 0 amide bonds. The molecule has 2 unspecified atom stereocenters. The van der Waals surface area contributed by atoms with Gasteiger partial charge in [0.2, 0.25) is 0 Å². The molecule has 0 saturated carbocycles. The van der Waals surface area contributed by atoms with Gasteiger partial charge in [0.05, 0.1) is 13.1 Å². The zero-order valence-corrected chi connectivity index (χ0v) is 13.7. The van der Waals surface area contributed by atoms with Crippen molar-refractivity contribution in [3.8, 4) is 0 Å². The zero-order valence-electron chi connectivity index (χ0n) is 12.9. The van der Waals surface area contributed by atoms with Crippen LogP contribution in [-0.4, -0.2) is 46.7 Å². The summed E-state index contributed by atoms with van der Waals surface area (Å²) in [7, 11) is -1.03. The van der Waals surface area contributed by atoms with Crippen LogP contribution in [-0.2, 0) is 27.6 Å². The van der Waals surface area contributed by atoms with E-state index in [1.54, 1.807) is 4.31 Å². The first-order chi connectivity index (χ1) is 9.88. The van der Waals surface area contributed by atoms with E-state index in [1.807, 2.05) is 6.07 Å². The molecule has 1 saturated heterocycles. The third kappa shape index (κ3) is 3.21. The lowest BCUT2D eigenvalue weighted by Gasteiger charge is -2.42. The molecule has 5 heteroatoms. The van der Waals surface area contributed by atoms with Gasteiger partial charge in [-0.25, -0.2) is 0 Å². The number of hydrogen-bond donors (Lipinski definition) is 0. The van der Waals surface area contributed by atoms with Crippen LogP contribution in [0.5, 0.6) is 0 Å². The van der Waals surface area contributed by atoms with Gasteiger partial charge in [0.15, 0.2) is 0 Å². The van der Waals surface area contributed by atoms with Crippen LogP contribution in [0.4, 0.5) is 0 Å². The molecule has 21 heavy (non-hydrogen) atoms. The average Bonchev–Trinajstić information content (AvgIpc) is 2.54. The Kier molecular flexibility index (Phi) is 3.94. The summed E-state index contributed by atoms with van der Waals surface area (Å²) in [5, 5.41) is 0. The highest BCUT2D eigenvalue weighted by atomic mass is 32.3. The molecule has 1 fully saturated rings. The maximum Gasteiger partial charge on any atom is 0.122 e. The SMILES string of the molecule is CN1CCCC2(Cc3ccccc3CN([S+](C)(=O)[O-])C2)C1. The summed E-state index contributed by atoms with van der Waals surface area (Å²) in [4.78, 5) is 2.35. The number of hydrogen-bond acceptors (Lipinski definition) is 3. The normalized spacial score (nSPS) is 30.6. The van der Waals surface area contributed by atoms with Crippen LogP contribution < -0.4 is 0 Å². The van der Waals surface area contributed by atoms with Crippen LogP contribution in [0.3, 0.4) is 0 Å². The van der Waals surface area contributed by atoms with Gasteiger partial charge in [0.1, 0.15) is 16.7 Å². The first kappa shape index (κ1) is 15.2. The second-order valence-corrected chi connectivity index (χ2v) is 8.80. The molecule has 0 aliphatic carbocycles. The van der Waals surface area contributed by atoms with Crippen molar-refractivity contribution in [1.82, 2.24) is 9.21 Å². The highest BCUT2D eigenvalue weighted by Crippen LogP contribution is 2.39. The van der Waals surface area contributed by atoms with Crippen molar-refractivity contribution >= 4 is 10.4 Å². The van der Waals surface area contributed by atoms with Crippen molar-refractivity contribution in [1.29, 1.82) is 0 Å². The van der Waals surface area contributed by atoms with E-state index in [2.05, 4.69) is 30.1 Å². The third-order valence-corrected chi connectivity index (χ3v) is 6.06. The molecule has 0 radical (unpaired) electrons. The van der Waals surface area contributed by atoms with E-state index < -0.39 is 10.4 Å². The van der Waals surface area contributed by atoms with Gasteiger partial charge in [0.25, 0.3) is 0 Å². The molecule has 2 aliphatic heterocycles. The van der Waals surface area contributed by atoms with Gasteiger partial charge < -0.3 is 9.45 Å². The van der Waals surface area contributed by atoms with E-state index in [9.17, 15) is 8.76 Å². The molecule has 1 aromatic rings. The monoisotopic (exact) mass is 308 g/mol. The summed E-state index contributed by atoms with van der Waals surface area (Å²) in [6.07, 6.45) is 4.58. The Bertz CT molecular complexity index is 571. The van der Waals surface area contributed by atoms with E-state index in [-0.39, 0.29) is 5.41 Å². The van der Waals surface area contributed by atoms with E-state index in [1.165, 1.54) is 11.8 Å². The highest BCUT2D eigenvalue weighted by Gasteiger charge is 2.42. The van der Waals surface area contributed by atoms with E-state index in [0.717, 1.165) is 37.9 Å². The quantitative estimate of drug-likeness (QED) is 0.745. The molecular formula is C16H24N2O2S. The Morgan fingerprint density at radius 1 is 1.24 bits per heavy atom. The topological polar surface area (TPSA) is 46.6 Å². The summed E-state index contributed by atoms with van der Waals surface area (Å²) in [5.41, 5.74) is 2.54. The van der Waals surface area contributed by atoms with Gasteiger partial charge >= 0.3 is 0 Å². The standard InChI is InChI=1S/C16H24N2O2S/c1-17-9-5-8-16(12-17)10-14-6-3-4-7-15(14)11-18(13-16)21(2,19)20/h3-4,6-7H,5,8-13H2,1-2H3. The third-order valence-electron chi connectivity index (χ3n) is 4.86. The molecule has 1 spiro atoms. The highest BCUT2D eigenvalue weighted by molar-refractivity contribution is 7.94. The zero-order chi connectivity index (χ0) is 15.1. The van der Waals surface area contributed by atoms with E-state index in [0.29, 0.717) is 13.1 Å². The summed E-state index contributed by atoms with van der Waals surface area (Å²) in [6.45, 7) is 3.25. The Morgan fingerprint density at radius 2 is 1.95 bits per heavy atom. The van der Waals surface area contributed by atoms with Crippen molar-refractivity contribution < 1.29 is 8.76 Å². The summed E-state index contributed by atoms with van der Waals surface area (Å²) < 4.78 is 26.0. The van der Waals surface area contributed by atoms with Gasteiger partial charge in [-0.2, -0.15) is 0 Å². The smallest absolute Gasteiger partial charge is 0.122 e. The molecule has 0 aromatic heterocycles. The van der Waals surface area contributed by atoms with Crippen molar-refractivity contribution in [3.05, 3.63) is 35.4 Å². The molecule has 3 rings (SSSR count). The molecule has 4 nitrogen and oxygen atoms in total. The Labute approximate surface area is 128 Å². The Hall–Kier alpha value is -0.750. The van der Waals surface area contributed by atoms with Gasteiger partial charge in [-0.3, -0.25) is 0 Å². The number of nitrogens with zero attached hydrogens (tertiary/aromatic N) is 2. The first-order valence-corrected chi connectivity index (χ1v) is 9.43. The molecule has 2 heterocycles. The molecular weight excluding hydrogens is 284 g/mol. The Balaban J connectivity index is 2.00. The fourth-order valence-electron chi connectivity index (χ4n) is 3.93. The molecule has 2 aliphatic rings. The summed E-state index contributed by atoms with van der Waals surface area (Å²) in [5.74, 6) is 0. The second-order valence-electron chi connectivity index (χ2n) is 6.82. The maximum absolute atomic E-state index is 12.2. The van der Waals surface area contributed by atoms with Gasteiger partial charge in [-0.15, -0.1) is 4.31 Å². The lowest BCUT2D eigenvalue weighted by Crippen LogP contribution is -2.50. The maximum atomic E-state index is 12.2. The van der Waals surface area contributed by atoms with E-state index in [4.69, 9.17) is 0 Å². The molecule has 1 aromatic carbocycles. The summed E-state index contributed by atoms with van der Waals surface area (Å²) in [6, 6.07) is 8.30. The van der Waals surface area contributed by atoms with E-state index >= 15 is 0 Å². The lowest BCUT2D eigenvalue weighted by atomic mass is 9.75. The average molecular weight is 308 g/mol. The molecule has 0 bridgehead atoms.